The molecule has 3 aromatic rings. The monoisotopic (exact) mass is 604 g/mol. The zero-order valence-corrected chi connectivity index (χ0v) is 25.5. The summed E-state index contributed by atoms with van der Waals surface area (Å²) in [4.78, 5) is 64.3. The topological polar surface area (TPSA) is 171 Å². The minimum atomic E-state index is -1.59. The smallest absolute Gasteiger partial charge is 0.543 e. The van der Waals surface area contributed by atoms with Gasteiger partial charge < -0.3 is 29.8 Å². The van der Waals surface area contributed by atoms with Crippen LogP contribution in [0, 0.1) is 0 Å². The number of carboxylic acid groups (broad SMARTS) is 1. The number of hydrogen-bond donors (Lipinski definition) is 2. The van der Waals surface area contributed by atoms with E-state index in [0.29, 0.717) is 11.3 Å². The quantitative estimate of drug-likeness (QED) is 0.156. The fourth-order valence-electron chi connectivity index (χ4n) is 4.28. The van der Waals surface area contributed by atoms with Gasteiger partial charge >= 0.3 is 35.5 Å². The van der Waals surface area contributed by atoms with Crippen molar-refractivity contribution in [2.24, 2.45) is 0 Å². The summed E-state index contributed by atoms with van der Waals surface area (Å²) < 4.78 is 10.2. The van der Waals surface area contributed by atoms with Gasteiger partial charge in [0.1, 0.15) is 24.1 Å². The van der Waals surface area contributed by atoms with E-state index in [1.54, 1.807) is 30.3 Å². The number of thioether (sulfide) groups is 1. The van der Waals surface area contributed by atoms with E-state index in [9.17, 15) is 29.1 Å². The minimum absolute atomic E-state index is 0. The molecule has 12 nitrogen and oxygen atoms in total. The molecule has 2 aliphatic rings. The Morgan fingerprint density at radius 1 is 1.20 bits per heavy atom. The van der Waals surface area contributed by atoms with Crippen LogP contribution in [0.1, 0.15) is 29.0 Å². The number of hydrogen-bond acceptors (Lipinski definition) is 11. The van der Waals surface area contributed by atoms with E-state index in [4.69, 9.17) is 9.26 Å². The molecule has 2 aromatic heterocycles. The number of rotatable bonds is 9. The number of nitrogens with zero attached hydrogens (tertiary/aromatic N) is 2. The van der Waals surface area contributed by atoms with Gasteiger partial charge in [0, 0.05) is 24.3 Å². The number of β-lactam (4-membered cyclic amide) rings is 1. The molecule has 0 aliphatic carbocycles. The second-order valence-electron chi connectivity index (χ2n) is 8.79. The van der Waals surface area contributed by atoms with E-state index in [0.717, 1.165) is 9.78 Å². The van der Waals surface area contributed by atoms with Crippen LogP contribution in [0.5, 0.6) is 0 Å². The average Bonchev–Trinajstić information content (AvgIpc) is 3.65. The number of thiophene rings is 1. The number of aliphatic carboxylic acids is 1. The normalized spacial score (nSPS) is 18.4. The van der Waals surface area contributed by atoms with Crippen molar-refractivity contribution in [3.8, 4) is 10.6 Å². The number of fused-ring (bicyclic) bond motifs is 1. The van der Waals surface area contributed by atoms with E-state index >= 15 is 0 Å². The Morgan fingerprint density at radius 3 is 2.61 bits per heavy atom. The van der Waals surface area contributed by atoms with Crippen LogP contribution in [0.3, 0.4) is 0 Å². The molecule has 0 bridgehead atoms. The van der Waals surface area contributed by atoms with Crippen molar-refractivity contribution in [1.29, 1.82) is 0 Å². The number of ether oxygens (including phenoxy) is 1. The number of amides is 3. The van der Waals surface area contributed by atoms with Crippen LogP contribution in [0.2, 0.25) is 0 Å². The molecule has 15 heteroatoms. The average molecular weight is 605 g/mol. The molecule has 1 unspecified atom stereocenters. The summed E-state index contributed by atoms with van der Waals surface area (Å²) in [7, 11) is 0. The van der Waals surface area contributed by atoms with Crippen LogP contribution in [-0.2, 0) is 23.9 Å². The molecular weight excluding hydrogens is 583 g/mol. The zero-order valence-electron chi connectivity index (χ0n) is 21.8. The van der Waals surface area contributed by atoms with Crippen molar-refractivity contribution in [2.45, 2.75) is 24.4 Å². The van der Waals surface area contributed by atoms with Crippen LogP contribution in [0.15, 0.2) is 69.7 Å². The van der Waals surface area contributed by atoms with Crippen LogP contribution in [0.25, 0.3) is 10.6 Å². The Bertz CT molecular complexity index is 1510. The molecule has 2 aliphatic heterocycles. The number of aromatic nitrogens is 1. The number of esters is 1. The van der Waals surface area contributed by atoms with Gasteiger partial charge in [0.05, 0.1) is 16.5 Å². The van der Waals surface area contributed by atoms with E-state index < -0.39 is 47.1 Å². The Labute approximate surface area is 263 Å². The zero-order chi connectivity index (χ0) is 28.4. The summed E-state index contributed by atoms with van der Waals surface area (Å²) in [6.45, 7) is 0.892. The van der Waals surface area contributed by atoms with Crippen LogP contribution < -0.4 is 45.3 Å². The molecule has 4 heterocycles. The molecule has 206 valence electrons. The fourth-order valence-corrected chi connectivity index (χ4v) is 6.28. The van der Waals surface area contributed by atoms with Crippen molar-refractivity contribution in [2.75, 3.05) is 12.4 Å². The van der Waals surface area contributed by atoms with Gasteiger partial charge in [-0.3, -0.25) is 24.1 Å². The summed E-state index contributed by atoms with van der Waals surface area (Å²) >= 11 is 2.62. The Balaban J connectivity index is 0.00000387. The SMILES string of the molecule is CC(=O)OCC1=C(C(=O)[O-])N2C(=O)[C@@H](NC(=O)C(NC(=O)c3cc(-c4cccs4)on3)c3ccccc3)[C@@H]2SC1.[Na+]. The Morgan fingerprint density at radius 2 is 1.95 bits per heavy atom. The van der Waals surface area contributed by atoms with E-state index in [1.165, 1.54) is 36.1 Å². The molecule has 5 rings (SSSR count). The summed E-state index contributed by atoms with van der Waals surface area (Å²) in [5.74, 6) is -3.64. The maximum atomic E-state index is 13.4. The van der Waals surface area contributed by atoms with Gasteiger partial charge in [0.25, 0.3) is 11.8 Å². The predicted octanol–water partition coefficient (Wildman–Crippen LogP) is -2.15. The number of carbonyl (C=O) groups excluding carboxylic acids is 5. The van der Waals surface area contributed by atoms with Gasteiger partial charge in [-0.2, -0.15) is 0 Å². The molecule has 41 heavy (non-hydrogen) atoms. The van der Waals surface area contributed by atoms with Gasteiger partial charge in [0.15, 0.2) is 11.5 Å². The third-order valence-corrected chi connectivity index (χ3v) is 8.39. The number of nitrogens with one attached hydrogen (secondary N) is 2. The van der Waals surface area contributed by atoms with Crippen molar-refractivity contribution in [3.05, 3.63) is 76.4 Å². The second-order valence-corrected chi connectivity index (χ2v) is 10.8. The first-order chi connectivity index (χ1) is 19.2. The third kappa shape index (κ3) is 6.41. The molecule has 0 saturated carbocycles. The minimum Gasteiger partial charge on any atom is -0.543 e. The first-order valence-corrected chi connectivity index (χ1v) is 13.9. The summed E-state index contributed by atoms with van der Waals surface area (Å²) in [5, 5.41) is 22.1. The number of carbonyl (C=O) groups is 5. The first kappa shape index (κ1) is 30.5. The van der Waals surface area contributed by atoms with E-state index in [2.05, 4.69) is 15.8 Å². The van der Waals surface area contributed by atoms with Gasteiger partial charge in [0.2, 0.25) is 5.91 Å². The van der Waals surface area contributed by atoms with E-state index in [1.807, 2.05) is 17.5 Å². The van der Waals surface area contributed by atoms with Gasteiger partial charge in [-0.25, -0.2) is 0 Å². The predicted molar refractivity (Wildman–Crippen MR) is 140 cm³/mol. The number of carboxylic acids is 1. The second kappa shape index (κ2) is 13.0. The summed E-state index contributed by atoms with van der Waals surface area (Å²) in [5.41, 5.74) is 0.267. The maximum Gasteiger partial charge on any atom is 1.00 e. The third-order valence-electron chi connectivity index (χ3n) is 6.17. The van der Waals surface area contributed by atoms with E-state index in [-0.39, 0.29) is 58.9 Å². The van der Waals surface area contributed by atoms with Crippen molar-refractivity contribution in [3.63, 3.8) is 0 Å². The van der Waals surface area contributed by atoms with Crippen molar-refractivity contribution >= 4 is 52.8 Å². The molecule has 2 N–H and O–H groups in total. The van der Waals surface area contributed by atoms with Gasteiger partial charge in [-0.05, 0) is 17.0 Å². The van der Waals surface area contributed by atoms with Crippen LogP contribution >= 0.6 is 23.1 Å². The molecule has 1 saturated heterocycles. The largest absolute Gasteiger partial charge is 1.00 e. The molecule has 1 aromatic carbocycles. The summed E-state index contributed by atoms with van der Waals surface area (Å²) in [6, 6.07) is 11.3. The van der Waals surface area contributed by atoms with Gasteiger partial charge in [-0.1, -0.05) is 41.6 Å². The van der Waals surface area contributed by atoms with Gasteiger partial charge in [-0.15, -0.1) is 23.1 Å². The van der Waals surface area contributed by atoms with Crippen LogP contribution in [-0.4, -0.2) is 63.5 Å². The summed E-state index contributed by atoms with van der Waals surface area (Å²) in [6.07, 6.45) is 0. The molecule has 1 fully saturated rings. The number of benzene rings is 1. The first-order valence-electron chi connectivity index (χ1n) is 11.9. The van der Waals surface area contributed by atoms with Crippen LogP contribution in [0.4, 0.5) is 0 Å². The Kier molecular flexibility index (Phi) is 9.71. The maximum absolute atomic E-state index is 13.4. The standard InChI is InChI=1S/C26H22N4O8S2.Na/c1-13(31)37-11-15-12-40-25-20(24(34)30(25)21(15)26(35)36)28-23(33)19(14-6-3-2-4-7-14)27-22(32)16-10-17(38-29-16)18-8-5-9-39-18;/h2-10,19-20,25H,11-12H2,1H3,(H,27,32)(H,28,33)(H,35,36);/q;+1/p-1/t19?,20-,25+;/m1./s1. The van der Waals surface area contributed by atoms with Crippen molar-refractivity contribution < 1.29 is 67.9 Å². The molecule has 3 atom stereocenters. The molecule has 3 amide bonds. The molecule has 0 spiro atoms. The molecular formula is C26H21N4NaO8S2. The Hall–Kier alpha value is -3.43. The molecule has 0 radical (unpaired) electrons. The van der Waals surface area contributed by atoms with Crippen molar-refractivity contribution in [1.82, 2.24) is 20.7 Å². The fraction of sp³-hybridized carbons (Fsp3) is 0.231.